The van der Waals surface area contributed by atoms with Crippen molar-refractivity contribution in [3.8, 4) is 11.4 Å². The molecule has 0 aliphatic heterocycles. The van der Waals surface area contributed by atoms with Crippen LogP contribution in [0.4, 0.5) is 10.2 Å². The smallest absolute Gasteiger partial charge is 0.208 e. The first kappa shape index (κ1) is 20.1. The van der Waals surface area contributed by atoms with Crippen molar-refractivity contribution < 1.29 is 12.8 Å². The molecule has 0 saturated heterocycles. The van der Waals surface area contributed by atoms with Gasteiger partial charge < -0.3 is 10.3 Å². The summed E-state index contributed by atoms with van der Waals surface area (Å²) in [6.45, 7) is 0. The third-order valence-electron chi connectivity index (χ3n) is 5.02. The summed E-state index contributed by atoms with van der Waals surface area (Å²) in [4.78, 5) is 11.7. The van der Waals surface area contributed by atoms with E-state index in [9.17, 15) is 12.8 Å². The molecule has 1 fully saturated rings. The van der Waals surface area contributed by atoms with Gasteiger partial charge in [-0.25, -0.2) is 27.5 Å². The number of fused-ring (bicyclic) bond motifs is 1. The Bertz CT molecular complexity index is 1150. The molecular weight excluding hydrogens is 417 g/mol. The highest BCUT2D eigenvalue weighted by molar-refractivity contribution is 7.88. The van der Waals surface area contributed by atoms with Crippen LogP contribution in [0, 0.1) is 5.82 Å². The molecule has 10 heteroatoms. The summed E-state index contributed by atoms with van der Waals surface area (Å²) >= 11 is 6.10. The molecule has 1 aromatic carbocycles. The second-order valence-electron chi connectivity index (χ2n) is 7.38. The number of anilines is 1. The number of rotatable bonds is 5. The molecule has 0 spiro atoms. The number of H-pyrrole nitrogens is 1. The van der Waals surface area contributed by atoms with Gasteiger partial charge in [-0.1, -0.05) is 11.6 Å². The first-order valence-electron chi connectivity index (χ1n) is 9.32. The Morgan fingerprint density at radius 2 is 2.07 bits per heavy atom. The van der Waals surface area contributed by atoms with Gasteiger partial charge >= 0.3 is 0 Å². The zero-order chi connectivity index (χ0) is 20.6. The number of benzene rings is 1. The SMILES string of the molecule is CS(=O)(=O)NC1CCCC(Nc2nc(-c3c[nH]c4ccc(Cl)cc34)ncc2F)C1. The van der Waals surface area contributed by atoms with E-state index < -0.39 is 15.8 Å². The Kier molecular flexibility index (Phi) is 5.46. The molecule has 0 bridgehead atoms. The third-order valence-corrected chi connectivity index (χ3v) is 6.02. The van der Waals surface area contributed by atoms with Crippen molar-refractivity contribution in [1.29, 1.82) is 0 Å². The van der Waals surface area contributed by atoms with Crippen LogP contribution in [0.3, 0.4) is 0 Å². The molecule has 4 rings (SSSR count). The first-order valence-corrected chi connectivity index (χ1v) is 11.6. The van der Waals surface area contributed by atoms with E-state index >= 15 is 0 Å². The van der Waals surface area contributed by atoms with Crippen LogP contribution in [0.1, 0.15) is 25.7 Å². The highest BCUT2D eigenvalue weighted by Gasteiger charge is 2.25. The maximum absolute atomic E-state index is 14.4. The molecule has 1 saturated carbocycles. The van der Waals surface area contributed by atoms with Gasteiger partial charge in [0, 0.05) is 39.8 Å². The fourth-order valence-electron chi connectivity index (χ4n) is 3.80. The average Bonchev–Trinajstić information content (AvgIpc) is 3.05. The maximum Gasteiger partial charge on any atom is 0.208 e. The van der Waals surface area contributed by atoms with E-state index in [1.54, 1.807) is 12.3 Å². The Balaban J connectivity index is 1.58. The van der Waals surface area contributed by atoms with Crippen LogP contribution in [0.2, 0.25) is 5.02 Å². The van der Waals surface area contributed by atoms with Crippen LogP contribution in [0.5, 0.6) is 0 Å². The molecule has 2 unspecified atom stereocenters. The number of sulfonamides is 1. The van der Waals surface area contributed by atoms with Crippen LogP contribution in [0.25, 0.3) is 22.3 Å². The van der Waals surface area contributed by atoms with Crippen LogP contribution >= 0.6 is 11.6 Å². The number of halogens is 2. The second-order valence-corrected chi connectivity index (χ2v) is 9.59. The number of hydrogen-bond donors (Lipinski definition) is 3. The molecule has 3 N–H and O–H groups in total. The van der Waals surface area contributed by atoms with Gasteiger partial charge in [0.15, 0.2) is 17.5 Å². The number of nitrogens with one attached hydrogen (secondary N) is 3. The lowest BCUT2D eigenvalue weighted by Gasteiger charge is -2.30. The van der Waals surface area contributed by atoms with E-state index in [1.165, 1.54) is 0 Å². The van der Waals surface area contributed by atoms with Crippen molar-refractivity contribution in [3.05, 3.63) is 41.4 Å². The molecule has 2 heterocycles. The van der Waals surface area contributed by atoms with Gasteiger partial charge in [0.2, 0.25) is 10.0 Å². The van der Waals surface area contributed by atoms with Gasteiger partial charge in [0.25, 0.3) is 0 Å². The largest absolute Gasteiger partial charge is 0.365 e. The van der Waals surface area contributed by atoms with E-state index in [0.717, 1.165) is 48.2 Å². The molecule has 1 aliphatic carbocycles. The third kappa shape index (κ3) is 4.68. The fraction of sp³-hybridized carbons (Fsp3) is 0.368. The van der Waals surface area contributed by atoms with Crippen LogP contribution < -0.4 is 10.0 Å². The lowest BCUT2D eigenvalue weighted by molar-refractivity contribution is 0.384. The predicted octanol–water partition coefficient (Wildman–Crippen LogP) is 3.69. The van der Waals surface area contributed by atoms with Crippen molar-refractivity contribution in [2.24, 2.45) is 0 Å². The summed E-state index contributed by atoms with van der Waals surface area (Å²) in [7, 11) is -3.28. The molecule has 2 atom stereocenters. The standard InChI is InChI=1S/C19H21ClFN5O2S/c1-29(27,28)26-13-4-2-3-12(8-13)24-19-16(21)10-23-18(25-19)15-9-22-17-6-5-11(20)7-14(15)17/h5-7,9-10,12-13,22,26H,2-4,8H2,1H3,(H,23,24,25). The quantitative estimate of drug-likeness (QED) is 0.565. The molecule has 29 heavy (non-hydrogen) atoms. The summed E-state index contributed by atoms with van der Waals surface area (Å²) in [6, 6.07) is 5.20. The van der Waals surface area contributed by atoms with Gasteiger partial charge in [0.1, 0.15) is 0 Å². The number of aromatic amines is 1. The van der Waals surface area contributed by atoms with Crippen molar-refractivity contribution in [2.75, 3.05) is 11.6 Å². The molecule has 0 amide bonds. The Labute approximate surface area is 173 Å². The van der Waals surface area contributed by atoms with Crippen molar-refractivity contribution in [2.45, 2.75) is 37.8 Å². The molecule has 2 aromatic heterocycles. The van der Waals surface area contributed by atoms with Gasteiger partial charge in [-0.2, -0.15) is 0 Å². The lowest BCUT2D eigenvalue weighted by Crippen LogP contribution is -2.41. The highest BCUT2D eigenvalue weighted by atomic mass is 35.5. The van der Waals surface area contributed by atoms with Gasteiger partial charge in [-0.3, -0.25) is 0 Å². The molecule has 154 valence electrons. The van der Waals surface area contributed by atoms with E-state index in [2.05, 4.69) is 25.0 Å². The van der Waals surface area contributed by atoms with E-state index in [1.807, 2.05) is 12.1 Å². The lowest BCUT2D eigenvalue weighted by atomic mass is 9.91. The number of hydrogen-bond acceptors (Lipinski definition) is 5. The van der Waals surface area contributed by atoms with Gasteiger partial charge in [0.05, 0.1) is 12.5 Å². The molecular formula is C19H21ClFN5O2S. The van der Waals surface area contributed by atoms with Gasteiger partial charge in [-0.05, 0) is 43.9 Å². The minimum atomic E-state index is -3.28. The highest BCUT2D eigenvalue weighted by Crippen LogP contribution is 2.30. The fourth-order valence-corrected chi connectivity index (χ4v) is 4.79. The first-order chi connectivity index (χ1) is 13.8. The summed E-state index contributed by atoms with van der Waals surface area (Å²) < 4.78 is 40.0. The molecule has 7 nitrogen and oxygen atoms in total. The maximum atomic E-state index is 14.4. The zero-order valence-corrected chi connectivity index (χ0v) is 17.3. The Morgan fingerprint density at radius 3 is 2.86 bits per heavy atom. The van der Waals surface area contributed by atoms with Crippen LogP contribution in [0.15, 0.2) is 30.6 Å². The van der Waals surface area contributed by atoms with E-state index in [4.69, 9.17) is 11.6 Å². The summed E-state index contributed by atoms with van der Waals surface area (Å²) in [5.74, 6) is -0.0646. The molecule has 0 radical (unpaired) electrons. The van der Waals surface area contributed by atoms with Crippen molar-refractivity contribution in [3.63, 3.8) is 0 Å². The van der Waals surface area contributed by atoms with Crippen LogP contribution in [-0.2, 0) is 10.0 Å². The number of aromatic nitrogens is 3. The molecule has 1 aliphatic rings. The second kappa shape index (κ2) is 7.89. The Hall–Kier alpha value is -2.23. The van der Waals surface area contributed by atoms with E-state index in [0.29, 0.717) is 17.3 Å². The summed E-state index contributed by atoms with van der Waals surface area (Å²) in [5, 5.41) is 4.57. The average molecular weight is 438 g/mol. The monoisotopic (exact) mass is 437 g/mol. The van der Waals surface area contributed by atoms with Crippen molar-refractivity contribution in [1.82, 2.24) is 19.7 Å². The predicted molar refractivity (Wildman–Crippen MR) is 112 cm³/mol. The minimum absolute atomic E-state index is 0.0855. The topological polar surface area (TPSA) is 99.8 Å². The Morgan fingerprint density at radius 1 is 1.28 bits per heavy atom. The van der Waals surface area contributed by atoms with Crippen molar-refractivity contribution >= 4 is 38.3 Å². The minimum Gasteiger partial charge on any atom is -0.365 e. The van der Waals surface area contributed by atoms with Crippen LogP contribution in [-0.4, -0.2) is 41.7 Å². The zero-order valence-electron chi connectivity index (χ0n) is 15.7. The normalized spacial score (nSPS) is 20.1. The molecule has 3 aromatic rings. The summed E-state index contributed by atoms with van der Waals surface area (Å²) in [6.07, 6.45) is 7.03. The summed E-state index contributed by atoms with van der Waals surface area (Å²) in [5.41, 5.74) is 1.61. The van der Waals surface area contributed by atoms with E-state index in [-0.39, 0.29) is 17.9 Å². The van der Waals surface area contributed by atoms with Gasteiger partial charge in [-0.15, -0.1) is 0 Å². The number of nitrogens with zero attached hydrogens (tertiary/aromatic N) is 2.